The van der Waals surface area contributed by atoms with Crippen molar-refractivity contribution >= 4 is 32.8 Å². The molecule has 0 bridgehead atoms. The molecule has 2 aromatic heterocycles. The van der Waals surface area contributed by atoms with Crippen molar-refractivity contribution in [1.29, 1.82) is 0 Å². The maximum Gasteiger partial charge on any atom is 0.349 e. The highest BCUT2D eigenvalue weighted by molar-refractivity contribution is 9.10. The molecular formula is C12H7BrN4O3. The standard InChI is InChI=1S/C12H7BrN4O3/c13-8-1-2-10-7(3-8)4-9(12(19)20-10)11(18)16-17-5-14-15-6-17/h1-6H,(H,16,18). The number of nitrogens with zero attached hydrogens (tertiary/aromatic N) is 3. The Morgan fingerprint density at radius 1 is 1.25 bits per heavy atom. The summed E-state index contributed by atoms with van der Waals surface area (Å²) in [5.74, 6) is -0.597. The molecule has 100 valence electrons. The molecule has 0 atom stereocenters. The highest BCUT2D eigenvalue weighted by Gasteiger charge is 2.14. The average Bonchev–Trinajstić information content (AvgIpc) is 2.91. The number of benzene rings is 1. The molecule has 0 saturated carbocycles. The Hall–Kier alpha value is -2.48. The smallest absolute Gasteiger partial charge is 0.349 e. The molecule has 0 aliphatic heterocycles. The van der Waals surface area contributed by atoms with Gasteiger partial charge in [-0.1, -0.05) is 15.9 Å². The summed E-state index contributed by atoms with van der Waals surface area (Å²) in [5.41, 5.74) is 2.06. The summed E-state index contributed by atoms with van der Waals surface area (Å²) in [5, 5.41) is 7.73. The zero-order valence-electron chi connectivity index (χ0n) is 9.91. The van der Waals surface area contributed by atoms with Crippen LogP contribution in [0.1, 0.15) is 10.4 Å². The van der Waals surface area contributed by atoms with E-state index in [0.717, 1.165) is 4.47 Å². The van der Waals surface area contributed by atoms with Gasteiger partial charge in [0.1, 0.15) is 23.8 Å². The van der Waals surface area contributed by atoms with E-state index in [2.05, 4.69) is 31.6 Å². The Kier molecular flexibility index (Phi) is 3.07. The Labute approximate surface area is 120 Å². The predicted molar refractivity (Wildman–Crippen MR) is 73.9 cm³/mol. The molecule has 0 saturated heterocycles. The molecule has 1 aromatic carbocycles. The molecule has 0 radical (unpaired) electrons. The van der Waals surface area contributed by atoms with Gasteiger partial charge in [0.25, 0.3) is 5.91 Å². The van der Waals surface area contributed by atoms with Crippen LogP contribution in [0.2, 0.25) is 0 Å². The van der Waals surface area contributed by atoms with Crippen LogP contribution in [0.4, 0.5) is 0 Å². The van der Waals surface area contributed by atoms with Gasteiger partial charge in [0, 0.05) is 9.86 Å². The summed E-state index contributed by atoms with van der Waals surface area (Å²) in [7, 11) is 0. The molecule has 0 unspecified atom stereocenters. The summed E-state index contributed by atoms with van der Waals surface area (Å²) < 4.78 is 7.18. The second-order valence-electron chi connectivity index (χ2n) is 3.94. The van der Waals surface area contributed by atoms with Crippen LogP contribution < -0.4 is 11.1 Å². The monoisotopic (exact) mass is 334 g/mol. The van der Waals surface area contributed by atoms with Crippen molar-refractivity contribution < 1.29 is 9.21 Å². The average molecular weight is 335 g/mol. The summed E-state index contributed by atoms with van der Waals surface area (Å²) in [6.07, 6.45) is 2.61. The van der Waals surface area contributed by atoms with Crippen LogP contribution >= 0.6 is 15.9 Å². The van der Waals surface area contributed by atoms with E-state index < -0.39 is 11.5 Å². The number of amides is 1. The Bertz CT molecular complexity index is 842. The molecule has 0 fully saturated rings. The van der Waals surface area contributed by atoms with E-state index in [4.69, 9.17) is 4.42 Å². The molecule has 1 amide bonds. The van der Waals surface area contributed by atoms with Crippen LogP contribution in [0, 0.1) is 0 Å². The maximum absolute atomic E-state index is 12.0. The third-order valence-corrected chi connectivity index (χ3v) is 3.08. The fraction of sp³-hybridized carbons (Fsp3) is 0. The topological polar surface area (TPSA) is 90.0 Å². The molecule has 3 rings (SSSR count). The van der Waals surface area contributed by atoms with Gasteiger partial charge in [0.2, 0.25) is 0 Å². The first-order valence-electron chi connectivity index (χ1n) is 5.53. The number of hydrogen-bond donors (Lipinski definition) is 1. The molecule has 0 aliphatic carbocycles. The fourth-order valence-corrected chi connectivity index (χ4v) is 2.07. The van der Waals surface area contributed by atoms with E-state index in [9.17, 15) is 9.59 Å². The van der Waals surface area contributed by atoms with Gasteiger partial charge in [-0.25, -0.2) is 9.47 Å². The highest BCUT2D eigenvalue weighted by Crippen LogP contribution is 2.19. The van der Waals surface area contributed by atoms with Crippen LogP contribution in [-0.2, 0) is 0 Å². The van der Waals surface area contributed by atoms with Crippen molar-refractivity contribution in [2.24, 2.45) is 0 Å². The number of halogens is 1. The molecule has 0 spiro atoms. The molecule has 3 aromatic rings. The molecular weight excluding hydrogens is 328 g/mol. The van der Waals surface area contributed by atoms with Gasteiger partial charge in [0.15, 0.2) is 0 Å². The first-order valence-corrected chi connectivity index (χ1v) is 6.32. The van der Waals surface area contributed by atoms with E-state index in [-0.39, 0.29) is 5.56 Å². The first kappa shape index (κ1) is 12.5. The van der Waals surface area contributed by atoms with E-state index in [0.29, 0.717) is 11.0 Å². The van der Waals surface area contributed by atoms with E-state index in [1.165, 1.54) is 23.4 Å². The number of nitrogens with one attached hydrogen (secondary N) is 1. The van der Waals surface area contributed by atoms with Crippen LogP contribution in [0.15, 0.2) is 50.6 Å². The van der Waals surface area contributed by atoms with Crippen molar-refractivity contribution in [1.82, 2.24) is 14.9 Å². The van der Waals surface area contributed by atoms with Gasteiger partial charge in [-0.2, -0.15) is 0 Å². The third-order valence-electron chi connectivity index (χ3n) is 2.59. The minimum atomic E-state index is -0.703. The number of fused-ring (bicyclic) bond motifs is 1. The summed E-state index contributed by atoms with van der Waals surface area (Å²) in [6, 6.07) is 6.64. The van der Waals surface area contributed by atoms with Crippen LogP contribution in [-0.4, -0.2) is 20.8 Å². The van der Waals surface area contributed by atoms with Gasteiger partial charge in [0.05, 0.1) is 0 Å². The fourth-order valence-electron chi connectivity index (χ4n) is 1.69. The molecule has 8 heteroatoms. The Morgan fingerprint density at radius 3 is 2.75 bits per heavy atom. The molecule has 1 N–H and O–H groups in total. The third kappa shape index (κ3) is 2.32. The molecule has 2 heterocycles. The maximum atomic E-state index is 12.0. The SMILES string of the molecule is O=C(Nn1cnnc1)c1cc2cc(Br)ccc2oc1=O. The number of hydrogen-bond acceptors (Lipinski definition) is 5. The lowest BCUT2D eigenvalue weighted by Crippen LogP contribution is -2.26. The zero-order chi connectivity index (χ0) is 14.1. The lowest BCUT2D eigenvalue weighted by Gasteiger charge is -2.04. The predicted octanol–water partition coefficient (Wildman–Crippen LogP) is 1.53. The van der Waals surface area contributed by atoms with Gasteiger partial charge in [-0.05, 0) is 24.3 Å². The van der Waals surface area contributed by atoms with Gasteiger partial charge in [-0.15, -0.1) is 10.2 Å². The number of rotatable bonds is 2. The van der Waals surface area contributed by atoms with Crippen molar-refractivity contribution in [2.45, 2.75) is 0 Å². The molecule has 0 aliphatic rings. The minimum absolute atomic E-state index is 0.0932. The second-order valence-corrected chi connectivity index (χ2v) is 4.86. The van der Waals surface area contributed by atoms with Gasteiger partial charge < -0.3 is 4.42 Å². The lowest BCUT2D eigenvalue weighted by molar-refractivity contribution is 0.100. The number of aromatic nitrogens is 3. The zero-order valence-corrected chi connectivity index (χ0v) is 11.5. The minimum Gasteiger partial charge on any atom is -0.422 e. The van der Waals surface area contributed by atoms with Gasteiger partial charge in [-0.3, -0.25) is 10.2 Å². The van der Waals surface area contributed by atoms with Crippen LogP contribution in [0.3, 0.4) is 0 Å². The number of carbonyl (C=O) groups is 1. The number of carbonyl (C=O) groups excluding carboxylic acids is 1. The van der Waals surface area contributed by atoms with E-state index >= 15 is 0 Å². The largest absolute Gasteiger partial charge is 0.422 e. The lowest BCUT2D eigenvalue weighted by atomic mass is 10.2. The second kappa shape index (κ2) is 4.89. The molecule has 7 nitrogen and oxygen atoms in total. The van der Waals surface area contributed by atoms with Crippen molar-refractivity contribution in [3.63, 3.8) is 0 Å². The van der Waals surface area contributed by atoms with E-state index in [1.54, 1.807) is 18.2 Å². The van der Waals surface area contributed by atoms with Crippen LogP contribution in [0.5, 0.6) is 0 Å². The van der Waals surface area contributed by atoms with Crippen molar-refractivity contribution in [3.05, 3.63) is 57.4 Å². The summed E-state index contributed by atoms with van der Waals surface area (Å²) in [4.78, 5) is 23.8. The quantitative estimate of drug-likeness (QED) is 0.718. The van der Waals surface area contributed by atoms with Crippen LogP contribution in [0.25, 0.3) is 11.0 Å². The highest BCUT2D eigenvalue weighted by atomic mass is 79.9. The Morgan fingerprint density at radius 2 is 2.00 bits per heavy atom. The van der Waals surface area contributed by atoms with E-state index in [1.807, 2.05) is 0 Å². The summed E-state index contributed by atoms with van der Waals surface area (Å²) >= 11 is 3.32. The molecule has 20 heavy (non-hydrogen) atoms. The first-order chi connectivity index (χ1) is 9.63. The normalized spacial score (nSPS) is 10.7. The summed E-state index contributed by atoms with van der Waals surface area (Å²) in [6.45, 7) is 0. The van der Waals surface area contributed by atoms with Crippen molar-refractivity contribution in [2.75, 3.05) is 5.43 Å². The van der Waals surface area contributed by atoms with Crippen molar-refractivity contribution in [3.8, 4) is 0 Å². The van der Waals surface area contributed by atoms with Gasteiger partial charge >= 0.3 is 5.63 Å². The Balaban J connectivity index is 2.04.